The van der Waals surface area contributed by atoms with E-state index in [1.54, 1.807) is 0 Å². The lowest BCUT2D eigenvalue weighted by Crippen LogP contribution is -2.43. The minimum atomic E-state index is -5.40. The molecule has 0 saturated heterocycles. The Morgan fingerprint density at radius 3 is 2.24 bits per heavy atom. The summed E-state index contributed by atoms with van der Waals surface area (Å²) in [4.78, 5) is 11.1. The van der Waals surface area contributed by atoms with Crippen LogP contribution in [0.1, 0.15) is 25.7 Å². The molecule has 0 aromatic carbocycles. The average Bonchev–Trinajstić information content (AvgIpc) is 2.37. The highest BCUT2D eigenvalue weighted by atomic mass is 32.3. The number of halogens is 1. The third-order valence-electron chi connectivity index (χ3n) is 3.18. The summed E-state index contributed by atoms with van der Waals surface area (Å²) in [7, 11) is -8.67. The van der Waals surface area contributed by atoms with Crippen LogP contribution in [-0.4, -0.2) is 45.6 Å². The molecule has 0 bridgehead atoms. The summed E-state index contributed by atoms with van der Waals surface area (Å²) in [6.07, 6.45) is 2.32. The van der Waals surface area contributed by atoms with Crippen LogP contribution in [0, 0.1) is 0 Å². The normalized spacial score (nSPS) is 23.8. The maximum absolute atomic E-state index is 12.4. The van der Waals surface area contributed by atoms with Gasteiger partial charge in [-0.3, -0.25) is 4.79 Å². The fraction of sp³-hybridized carbons (Fsp3) is 0.700. The first-order valence-electron chi connectivity index (χ1n) is 6.11. The zero-order valence-electron chi connectivity index (χ0n) is 11.4. The summed E-state index contributed by atoms with van der Waals surface area (Å²) >= 11 is 0. The lowest BCUT2D eigenvalue weighted by Gasteiger charge is -2.30. The molecule has 0 aromatic heterocycles. The van der Waals surface area contributed by atoms with E-state index in [2.05, 4.69) is 16.2 Å². The van der Waals surface area contributed by atoms with Gasteiger partial charge in [0, 0.05) is 13.1 Å². The van der Waals surface area contributed by atoms with Gasteiger partial charge >= 0.3 is 10.5 Å². The largest absolute Gasteiger partial charge is 0.455 e. The molecule has 0 radical (unpaired) electrons. The second-order valence-electron chi connectivity index (χ2n) is 4.61. The molecule has 21 heavy (non-hydrogen) atoms. The number of nitrogens with zero attached hydrogens (tertiary/aromatic N) is 1. The average molecular weight is 344 g/mol. The maximum Gasteiger partial charge on any atom is 0.455 e. The Labute approximate surface area is 123 Å². The van der Waals surface area contributed by atoms with Crippen LogP contribution in [0.2, 0.25) is 0 Å². The Balaban J connectivity index is 2.64. The van der Waals surface area contributed by atoms with Gasteiger partial charge in [0.15, 0.2) is 0 Å². The monoisotopic (exact) mass is 344 g/mol. The van der Waals surface area contributed by atoms with E-state index in [1.807, 2.05) is 0 Å². The van der Waals surface area contributed by atoms with Gasteiger partial charge < -0.3 is 5.32 Å². The molecule has 0 heterocycles. The number of rotatable bonds is 6. The molecular weight excluding hydrogens is 327 g/mol. The molecule has 1 amide bonds. The molecule has 1 N–H and O–H groups in total. The molecule has 0 aliphatic heterocycles. The Kier molecular flexibility index (Phi) is 5.84. The van der Waals surface area contributed by atoms with Crippen LogP contribution in [-0.2, 0) is 29.6 Å². The lowest BCUT2D eigenvalue weighted by atomic mass is 9.95. The van der Waals surface area contributed by atoms with E-state index in [0.29, 0.717) is 12.8 Å². The molecule has 1 aliphatic carbocycles. The summed E-state index contributed by atoms with van der Waals surface area (Å²) in [5.41, 5.74) is 0. The smallest absolute Gasteiger partial charge is 0.350 e. The topological polar surface area (TPSA) is 110 Å². The van der Waals surface area contributed by atoms with Gasteiger partial charge in [-0.05, 0) is 31.8 Å². The van der Waals surface area contributed by atoms with Crippen molar-refractivity contribution in [2.24, 2.45) is 0 Å². The first-order valence-corrected chi connectivity index (χ1v) is 8.92. The van der Waals surface area contributed by atoms with Gasteiger partial charge in [-0.1, -0.05) is 14.9 Å². The van der Waals surface area contributed by atoms with E-state index in [4.69, 9.17) is 0 Å². The van der Waals surface area contributed by atoms with Crippen LogP contribution in [0.5, 0.6) is 0 Å². The van der Waals surface area contributed by atoms with E-state index in [0.717, 1.165) is 13.1 Å². The van der Waals surface area contributed by atoms with E-state index in [-0.39, 0.29) is 29.3 Å². The van der Waals surface area contributed by atoms with Crippen molar-refractivity contribution in [3.8, 4) is 0 Å². The molecule has 1 saturated carbocycles. The predicted octanol–water partition coefficient (Wildman–Crippen LogP) is 0.00730. The van der Waals surface area contributed by atoms with Gasteiger partial charge in [0.05, 0.1) is 5.25 Å². The maximum atomic E-state index is 12.4. The molecule has 8 nitrogen and oxygen atoms in total. The summed E-state index contributed by atoms with van der Waals surface area (Å²) in [6, 6.07) is -0.168. The second-order valence-corrected chi connectivity index (χ2v) is 7.75. The van der Waals surface area contributed by atoms with E-state index in [1.165, 1.54) is 0 Å². The first-order chi connectivity index (χ1) is 9.56. The fourth-order valence-corrected chi connectivity index (χ4v) is 4.24. The minimum Gasteiger partial charge on any atom is -0.350 e. The van der Waals surface area contributed by atoms with Crippen molar-refractivity contribution < 1.29 is 29.8 Å². The van der Waals surface area contributed by atoms with Crippen molar-refractivity contribution in [1.82, 2.24) is 9.79 Å². The number of hydrogen-bond acceptors (Lipinski definition) is 6. The van der Waals surface area contributed by atoms with Crippen molar-refractivity contribution in [1.29, 1.82) is 0 Å². The molecule has 0 atom stereocenters. The fourth-order valence-electron chi connectivity index (χ4n) is 2.14. The third kappa shape index (κ3) is 5.34. The predicted molar refractivity (Wildman–Crippen MR) is 72.2 cm³/mol. The molecule has 122 valence electrons. The van der Waals surface area contributed by atoms with Crippen molar-refractivity contribution in [3.05, 3.63) is 12.7 Å². The number of sulfonamides is 1. The van der Waals surface area contributed by atoms with Crippen LogP contribution < -0.4 is 5.32 Å². The summed E-state index contributed by atoms with van der Waals surface area (Å²) < 4.78 is 60.8. The standard InChI is InChI=1S/C10H17FN2O6S2/c1-3-10(14)12-8-4-6-9(7-5-8)20(15,16)13(2)19-21(11,17)18/h3,8-9H,1,4-7H2,2H3,(H,12,14). The van der Waals surface area contributed by atoms with Crippen LogP contribution in [0.4, 0.5) is 3.89 Å². The van der Waals surface area contributed by atoms with Gasteiger partial charge in [0.2, 0.25) is 15.9 Å². The van der Waals surface area contributed by atoms with Crippen molar-refractivity contribution in [3.63, 3.8) is 0 Å². The molecule has 0 spiro atoms. The summed E-state index contributed by atoms with van der Waals surface area (Å²) in [5.74, 6) is -0.342. The number of nitrogens with one attached hydrogen (secondary N) is 1. The highest BCUT2D eigenvalue weighted by Crippen LogP contribution is 2.26. The lowest BCUT2D eigenvalue weighted by molar-refractivity contribution is -0.117. The van der Waals surface area contributed by atoms with Gasteiger partial charge in [-0.15, -0.1) is 4.28 Å². The van der Waals surface area contributed by atoms with Crippen LogP contribution in [0.15, 0.2) is 12.7 Å². The van der Waals surface area contributed by atoms with Gasteiger partial charge in [-0.2, -0.15) is 8.42 Å². The Bertz CT molecular complexity index is 595. The second kappa shape index (κ2) is 6.81. The van der Waals surface area contributed by atoms with E-state index >= 15 is 0 Å². The molecule has 0 unspecified atom stereocenters. The number of hydroxylamine groups is 1. The van der Waals surface area contributed by atoms with Crippen LogP contribution >= 0.6 is 0 Å². The van der Waals surface area contributed by atoms with Crippen molar-refractivity contribution in [2.45, 2.75) is 37.0 Å². The Morgan fingerprint density at radius 1 is 1.29 bits per heavy atom. The molecular formula is C10H17FN2O6S2. The number of hydrogen-bond donors (Lipinski definition) is 1. The number of carbonyl (C=O) groups excluding carboxylic acids is 1. The van der Waals surface area contributed by atoms with E-state index < -0.39 is 25.8 Å². The van der Waals surface area contributed by atoms with Crippen LogP contribution in [0.25, 0.3) is 0 Å². The first kappa shape index (κ1) is 18.0. The summed E-state index contributed by atoms with van der Waals surface area (Å²) in [5, 5.41) is 1.77. The molecule has 1 aliphatic rings. The van der Waals surface area contributed by atoms with Crippen molar-refractivity contribution in [2.75, 3.05) is 7.05 Å². The molecule has 1 fully saturated rings. The molecule has 0 aromatic rings. The third-order valence-corrected chi connectivity index (χ3v) is 5.78. The minimum absolute atomic E-state index is 0.0235. The SMILES string of the molecule is C=CC(=O)NC1CCC(S(=O)(=O)N(C)OS(=O)(=O)F)CC1. The number of carbonyl (C=O) groups is 1. The highest BCUT2D eigenvalue weighted by molar-refractivity contribution is 7.90. The number of amides is 1. The van der Waals surface area contributed by atoms with Gasteiger partial charge in [0.25, 0.3) is 0 Å². The van der Waals surface area contributed by atoms with E-state index in [9.17, 15) is 25.5 Å². The van der Waals surface area contributed by atoms with Crippen LogP contribution in [0.3, 0.4) is 0 Å². The van der Waals surface area contributed by atoms with Gasteiger partial charge in [-0.25, -0.2) is 8.42 Å². The molecule has 11 heteroatoms. The summed E-state index contributed by atoms with van der Waals surface area (Å²) in [6.45, 7) is 3.31. The van der Waals surface area contributed by atoms with Crippen molar-refractivity contribution >= 4 is 26.4 Å². The Hall–Kier alpha value is -1.04. The molecule has 1 rings (SSSR count). The zero-order valence-corrected chi connectivity index (χ0v) is 13.0. The zero-order chi connectivity index (χ0) is 16.3. The quantitative estimate of drug-likeness (QED) is 0.413. The van der Waals surface area contributed by atoms with Gasteiger partial charge in [0.1, 0.15) is 0 Å². The Morgan fingerprint density at radius 2 is 1.81 bits per heavy atom. The highest BCUT2D eigenvalue weighted by Gasteiger charge is 2.36.